The third kappa shape index (κ3) is 3.56. The number of rotatable bonds is 4. The van der Waals surface area contributed by atoms with Gasteiger partial charge >= 0.3 is 0 Å². The molecule has 0 unspecified atom stereocenters. The second-order valence-corrected chi connectivity index (χ2v) is 7.01. The lowest BCUT2D eigenvalue weighted by Crippen LogP contribution is -2.35. The van der Waals surface area contributed by atoms with E-state index in [1.807, 2.05) is 0 Å². The average Bonchev–Trinajstić information content (AvgIpc) is 3.28. The molecule has 8 nitrogen and oxygen atoms in total. The molecule has 2 amide bonds. The van der Waals surface area contributed by atoms with Gasteiger partial charge in [0.1, 0.15) is 17.1 Å². The number of aryl methyl sites for hydroxylation is 1. The Morgan fingerprint density at radius 2 is 1.93 bits per heavy atom. The Kier molecular flexibility index (Phi) is 4.85. The van der Waals surface area contributed by atoms with Crippen LogP contribution in [0.4, 0.5) is 11.4 Å². The lowest BCUT2D eigenvalue weighted by molar-refractivity contribution is -0.384. The minimum absolute atomic E-state index is 0.0607. The van der Waals surface area contributed by atoms with Crippen molar-refractivity contribution in [3.8, 4) is 11.3 Å². The summed E-state index contributed by atoms with van der Waals surface area (Å²) in [4.78, 5) is 35.6. The van der Waals surface area contributed by atoms with Crippen LogP contribution in [-0.4, -0.2) is 16.7 Å². The summed E-state index contributed by atoms with van der Waals surface area (Å²) in [5.74, 6) is -0.473. The van der Waals surface area contributed by atoms with Crippen LogP contribution in [0.1, 0.15) is 11.3 Å². The summed E-state index contributed by atoms with van der Waals surface area (Å²) >= 11 is 5.96. The molecule has 30 heavy (non-hydrogen) atoms. The number of halogens is 1. The Hall–Kier alpha value is -3.91. The number of nitrogens with zero attached hydrogens (tertiary/aromatic N) is 2. The molecule has 0 spiro atoms. The summed E-state index contributed by atoms with van der Waals surface area (Å²) in [6.45, 7) is 1.80. The molecule has 4 rings (SSSR count). The Balaban J connectivity index is 1.65. The Labute approximate surface area is 175 Å². The van der Waals surface area contributed by atoms with Crippen molar-refractivity contribution in [2.24, 2.45) is 0 Å². The zero-order valence-corrected chi connectivity index (χ0v) is 16.3. The largest absolute Gasteiger partial charge is 0.457 e. The van der Waals surface area contributed by atoms with Gasteiger partial charge in [0.2, 0.25) is 0 Å². The molecule has 1 fully saturated rings. The molecule has 0 atom stereocenters. The standard InChI is InChI=1S/C21H14ClN3O5/c1-12-5-6-15(25(28)29)10-17(12)19-8-7-16(30-19)11-18-20(26)23-24(21(18)27)14-4-2-3-13(22)9-14/h2-11H,1H3,(H,23,26)/b18-11-. The van der Waals surface area contributed by atoms with Gasteiger partial charge in [-0.25, -0.2) is 5.01 Å². The predicted octanol–water partition coefficient (Wildman–Crippen LogP) is 4.28. The highest BCUT2D eigenvalue weighted by atomic mass is 35.5. The first-order valence-corrected chi connectivity index (χ1v) is 9.19. The molecule has 1 aromatic heterocycles. The van der Waals surface area contributed by atoms with Gasteiger partial charge in [-0.2, -0.15) is 0 Å². The van der Waals surface area contributed by atoms with E-state index in [-0.39, 0.29) is 17.0 Å². The van der Waals surface area contributed by atoms with Crippen molar-refractivity contribution in [2.45, 2.75) is 6.92 Å². The van der Waals surface area contributed by atoms with Gasteiger partial charge in [-0.3, -0.25) is 25.1 Å². The summed E-state index contributed by atoms with van der Waals surface area (Å²) in [6.07, 6.45) is 1.33. The number of carbonyl (C=O) groups excluding carboxylic acids is 2. The Morgan fingerprint density at radius 3 is 2.67 bits per heavy atom. The summed E-state index contributed by atoms with van der Waals surface area (Å²) in [5.41, 5.74) is 4.09. The van der Waals surface area contributed by atoms with E-state index >= 15 is 0 Å². The number of benzene rings is 2. The van der Waals surface area contributed by atoms with E-state index in [0.717, 1.165) is 10.6 Å². The molecule has 1 aliphatic heterocycles. The molecule has 2 aromatic carbocycles. The molecule has 0 saturated carbocycles. The van der Waals surface area contributed by atoms with E-state index in [2.05, 4.69) is 5.43 Å². The zero-order chi connectivity index (χ0) is 21.4. The molecule has 0 bridgehead atoms. The lowest BCUT2D eigenvalue weighted by Gasteiger charge is -2.14. The summed E-state index contributed by atoms with van der Waals surface area (Å²) in [7, 11) is 0. The molecular weight excluding hydrogens is 410 g/mol. The van der Waals surface area contributed by atoms with E-state index in [1.54, 1.807) is 49.4 Å². The molecule has 1 saturated heterocycles. The second-order valence-electron chi connectivity index (χ2n) is 6.58. The van der Waals surface area contributed by atoms with Gasteiger partial charge in [-0.1, -0.05) is 23.7 Å². The Bertz CT molecular complexity index is 1230. The first kappa shape index (κ1) is 19.4. The average molecular weight is 424 g/mol. The topological polar surface area (TPSA) is 106 Å². The highest BCUT2D eigenvalue weighted by Gasteiger charge is 2.34. The van der Waals surface area contributed by atoms with Crippen molar-refractivity contribution in [2.75, 3.05) is 5.01 Å². The molecule has 0 aliphatic carbocycles. The van der Waals surface area contributed by atoms with Gasteiger partial charge in [-0.15, -0.1) is 0 Å². The first-order valence-electron chi connectivity index (χ1n) is 8.81. The molecule has 1 aliphatic rings. The number of hydrazine groups is 1. The fraction of sp³-hybridized carbons (Fsp3) is 0.0476. The number of hydrogen-bond acceptors (Lipinski definition) is 5. The third-order valence-electron chi connectivity index (χ3n) is 4.57. The van der Waals surface area contributed by atoms with E-state index in [1.165, 1.54) is 18.2 Å². The van der Waals surface area contributed by atoms with Gasteiger partial charge in [0.25, 0.3) is 17.5 Å². The van der Waals surface area contributed by atoms with Crippen LogP contribution < -0.4 is 10.4 Å². The molecule has 2 heterocycles. The van der Waals surface area contributed by atoms with E-state index in [4.69, 9.17) is 16.0 Å². The fourth-order valence-electron chi connectivity index (χ4n) is 3.06. The number of non-ortho nitro benzene ring substituents is 1. The summed E-state index contributed by atoms with van der Waals surface area (Å²) in [5, 5.41) is 12.6. The van der Waals surface area contributed by atoms with Crippen LogP contribution in [0.3, 0.4) is 0 Å². The highest BCUT2D eigenvalue weighted by Crippen LogP contribution is 2.30. The lowest BCUT2D eigenvalue weighted by atomic mass is 10.1. The van der Waals surface area contributed by atoms with Gasteiger partial charge in [-0.05, 0) is 48.9 Å². The summed E-state index contributed by atoms with van der Waals surface area (Å²) < 4.78 is 5.73. The fourth-order valence-corrected chi connectivity index (χ4v) is 3.25. The Morgan fingerprint density at radius 1 is 1.13 bits per heavy atom. The number of carbonyl (C=O) groups is 2. The van der Waals surface area contributed by atoms with Crippen LogP contribution in [0, 0.1) is 17.0 Å². The van der Waals surface area contributed by atoms with Gasteiger partial charge in [0, 0.05) is 22.7 Å². The number of furan rings is 1. The van der Waals surface area contributed by atoms with Crippen molar-refractivity contribution in [3.05, 3.63) is 86.6 Å². The second kappa shape index (κ2) is 7.49. The maximum absolute atomic E-state index is 12.7. The molecule has 1 N–H and O–H groups in total. The minimum atomic E-state index is -0.579. The molecule has 9 heteroatoms. The van der Waals surface area contributed by atoms with E-state index in [0.29, 0.717) is 22.0 Å². The molecule has 150 valence electrons. The van der Waals surface area contributed by atoms with Crippen molar-refractivity contribution < 1.29 is 18.9 Å². The number of anilines is 1. The van der Waals surface area contributed by atoms with Crippen molar-refractivity contribution >= 4 is 40.9 Å². The monoisotopic (exact) mass is 423 g/mol. The molecular formula is C21H14ClN3O5. The van der Waals surface area contributed by atoms with Crippen molar-refractivity contribution in [1.82, 2.24) is 5.43 Å². The van der Waals surface area contributed by atoms with Crippen molar-refractivity contribution in [1.29, 1.82) is 0 Å². The number of amides is 2. The van der Waals surface area contributed by atoms with E-state index in [9.17, 15) is 19.7 Å². The summed E-state index contributed by atoms with van der Waals surface area (Å²) in [6, 6.07) is 14.2. The maximum atomic E-state index is 12.7. The quantitative estimate of drug-likeness (QED) is 0.292. The van der Waals surface area contributed by atoms with Crippen LogP contribution in [0.15, 0.2) is 64.6 Å². The highest BCUT2D eigenvalue weighted by molar-refractivity contribution is 6.33. The number of hydrogen-bond donors (Lipinski definition) is 1. The minimum Gasteiger partial charge on any atom is -0.457 e. The van der Waals surface area contributed by atoms with Gasteiger partial charge < -0.3 is 4.42 Å². The smallest absolute Gasteiger partial charge is 0.282 e. The van der Waals surface area contributed by atoms with Crippen LogP contribution in [0.2, 0.25) is 5.02 Å². The first-order chi connectivity index (χ1) is 14.3. The van der Waals surface area contributed by atoms with Gasteiger partial charge in [0.15, 0.2) is 0 Å². The van der Waals surface area contributed by atoms with Crippen LogP contribution in [0.5, 0.6) is 0 Å². The molecule has 0 radical (unpaired) electrons. The van der Waals surface area contributed by atoms with E-state index < -0.39 is 16.7 Å². The number of nitrogens with one attached hydrogen (secondary N) is 1. The predicted molar refractivity (Wildman–Crippen MR) is 111 cm³/mol. The van der Waals surface area contributed by atoms with Crippen molar-refractivity contribution in [3.63, 3.8) is 0 Å². The van der Waals surface area contributed by atoms with Crippen LogP contribution in [0.25, 0.3) is 17.4 Å². The van der Waals surface area contributed by atoms with Crippen LogP contribution in [-0.2, 0) is 9.59 Å². The van der Waals surface area contributed by atoms with Crippen LogP contribution >= 0.6 is 11.6 Å². The van der Waals surface area contributed by atoms with Gasteiger partial charge in [0.05, 0.1) is 10.6 Å². The normalized spacial score (nSPS) is 15.0. The zero-order valence-electron chi connectivity index (χ0n) is 15.6. The number of nitro benzene ring substituents is 1. The third-order valence-corrected chi connectivity index (χ3v) is 4.80. The number of nitro groups is 1. The maximum Gasteiger partial charge on any atom is 0.282 e. The molecule has 3 aromatic rings. The SMILES string of the molecule is Cc1ccc([N+](=O)[O-])cc1-c1ccc(/C=C2/C(=O)NN(c3cccc(Cl)c3)C2=O)o1.